The smallest absolute Gasteiger partial charge is 0.116 e. The van der Waals surface area contributed by atoms with Gasteiger partial charge < -0.3 is 0 Å². The second kappa shape index (κ2) is 9.91. The molecule has 0 unspecified atom stereocenters. The molecule has 0 aliphatic rings. The van der Waals surface area contributed by atoms with Crippen molar-refractivity contribution in [3.05, 3.63) is 146 Å². The van der Waals surface area contributed by atoms with Crippen LogP contribution in [0.15, 0.2) is 146 Å². The summed E-state index contributed by atoms with van der Waals surface area (Å²) < 4.78 is 2.54. The maximum absolute atomic E-state index is 4.73. The Morgan fingerprint density at radius 1 is 0.292 bits per heavy atom. The van der Waals surface area contributed by atoms with Gasteiger partial charge in [-0.25, -0.2) is 9.97 Å². The van der Waals surface area contributed by atoms with E-state index in [0.717, 1.165) is 21.1 Å². The van der Waals surface area contributed by atoms with E-state index in [2.05, 4.69) is 140 Å². The highest BCUT2D eigenvalue weighted by Gasteiger charge is 2.13. The Kier molecular flexibility index (Phi) is 5.45. The van der Waals surface area contributed by atoms with Crippen molar-refractivity contribution in [2.24, 2.45) is 0 Å². The Hall–Kier alpha value is -5.68. The lowest BCUT2D eigenvalue weighted by Crippen LogP contribution is -1.85. The van der Waals surface area contributed by atoms with Gasteiger partial charge in [-0.15, -0.1) is 22.7 Å². The first-order chi connectivity index (χ1) is 23.7. The Morgan fingerprint density at radius 2 is 0.604 bits per heavy atom. The molecule has 0 saturated heterocycles. The van der Waals surface area contributed by atoms with Gasteiger partial charge in [0.2, 0.25) is 0 Å². The summed E-state index contributed by atoms with van der Waals surface area (Å²) in [4.78, 5) is 11.8. The van der Waals surface area contributed by atoms with Gasteiger partial charge in [0.05, 0.1) is 21.1 Å². The van der Waals surface area contributed by atoms with Crippen molar-refractivity contribution in [2.45, 2.75) is 0 Å². The van der Waals surface area contributed by atoms with Gasteiger partial charge >= 0.3 is 0 Å². The number of hydrogen-bond acceptors (Lipinski definition) is 4. The van der Waals surface area contributed by atoms with Crippen molar-refractivity contribution >= 4 is 107 Å². The molecule has 0 spiro atoms. The summed E-state index contributed by atoms with van der Waals surface area (Å²) in [5.74, 6) is 0. The molecule has 0 bridgehead atoms. The minimum absolute atomic E-state index is 0.961. The Balaban J connectivity index is 0.985. The molecule has 2 nitrogen and oxygen atoms in total. The van der Waals surface area contributed by atoms with Gasteiger partial charge in [-0.05, 0) is 166 Å². The summed E-state index contributed by atoms with van der Waals surface area (Å²) in [6.07, 6.45) is 1.71. The Labute approximate surface area is 283 Å². The molecule has 4 heteroatoms. The summed E-state index contributed by atoms with van der Waals surface area (Å²) in [7, 11) is 0. The van der Waals surface area contributed by atoms with Crippen molar-refractivity contribution in [3.63, 3.8) is 0 Å². The molecule has 0 N–H and O–H groups in total. The van der Waals surface area contributed by atoms with E-state index in [4.69, 9.17) is 9.97 Å². The van der Waals surface area contributed by atoms with Crippen LogP contribution in [0.3, 0.4) is 0 Å². The molecule has 11 aromatic rings. The fourth-order valence-corrected chi connectivity index (χ4v) is 9.46. The topological polar surface area (TPSA) is 25.8 Å². The van der Waals surface area contributed by atoms with Crippen LogP contribution < -0.4 is 0 Å². The van der Waals surface area contributed by atoms with Gasteiger partial charge in [-0.3, -0.25) is 0 Å². The number of nitrogens with zero attached hydrogens (tertiary/aromatic N) is 2. The third-order valence-corrected chi connectivity index (χ3v) is 12.0. The van der Waals surface area contributed by atoms with Gasteiger partial charge in [0.1, 0.15) is 6.33 Å². The van der Waals surface area contributed by atoms with Crippen LogP contribution in [0, 0.1) is 0 Å². The molecule has 0 aliphatic carbocycles. The minimum atomic E-state index is 0.961. The Morgan fingerprint density at radius 3 is 0.979 bits per heavy atom. The summed E-state index contributed by atoms with van der Waals surface area (Å²) >= 11 is 3.60. The zero-order valence-electron chi connectivity index (χ0n) is 25.6. The monoisotopic (exact) mass is 644 g/mol. The fourth-order valence-electron chi connectivity index (χ4n) is 7.34. The van der Waals surface area contributed by atoms with Crippen LogP contribution >= 0.6 is 22.7 Å². The number of benzene rings is 8. The molecule has 48 heavy (non-hydrogen) atoms. The molecule has 3 aromatic heterocycles. The SMILES string of the molecule is c1ccc2cc3cc4cc5sc(-c6cc(-c7cc8cc9cc%10cc%11ccccc%11cc%10cc9cc8s7)ncn6)cc5cc4cc3cc2c1. The van der Waals surface area contributed by atoms with Crippen LogP contribution in [0.25, 0.3) is 106 Å². The molecule has 0 atom stereocenters. The highest BCUT2D eigenvalue weighted by atomic mass is 32.1. The van der Waals surface area contributed by atoms with Gasteiger partial charge in [0, 0.05) is 9.40 Å². The number of aromatic nitrogens is 2. The lowest BCUT2D eigenvalue weighted by Gasteiger charge is -2.05. The van der Waals surface area contributed by atoms with Crippen LogP contribution in [0.5, 0.6) is 0 Å². The molecule has 0 radical (unpaired) electrons. The molecule has 222 valence electrons. The number of hydrogen-bond donors (Lipinski definition) is 0. The Bertz CT molecular complexity index is 2740. The van der Waals surface area contributed by atoms with E-state index in [1.165, 1.54) is 84.8 Å². The normalized spacial score (nSPS) is 12.2. The zero-order chi connectivity index (χ0) is 31.3. The minimum Gasteiger partial charge on any atom is -0.235 e. The summed E-state index contributed by atoms with van der Waals surface area (Å²) in [5.41, 5.74) is 1.92. The van der Waals surface area contributed by atoms with E-state index in [-0.39, 0.29) is 0 Å². The van der Waals surface area contributed by atoms with E-state index in [9.17, 15) is 0 Å². The average molecular weight is 645 g/mol. The quantitative estimate of drug-likeness (QED) is 0.175. The van der Waals surface area contributed by atoms with Gasteiger partial charge in [-0.2, -0.15) is 0 Å². The summed E-state index contributed by atoms with van der Waals surface area (Å²) in [6.45, 7) is 0. The largest absolute Gasteiger partial charge is 0.235 e. The second-order valence-electron chi connectivity index (χ2n) is 12.8. The van der Waals surface area contributed by atoms with Crippen molar-refractivity contribution in [1.29, 1.82) is 0 Å². The van der Waals surface area contributed by atoms with E-state index >= 15 is 0 Å². The maximum Gasteiger partial charge on any atom is 0.116 e. The van der Waals surface area contributed by atoms with Crippen molar-refractivity contribution in [3.8, 4) is 21.1 Å². The standard InChI is InChI=1S/C44H24N2S2/c1-3-7-27-11-31-15-35-19-41-37(17-33(35)13-29(31)9-25(27)5-1)21-43(47-41)39-23-40(46-24-45-39)44-22-38-18-34-14-30-10-26-6-2-4-8-28(26)12-32(30)16-36(34)20-42(38)48-44/h1-24H. The summed E-state index contributed by atoms with van der Waals surface area (Å²) in [5, 5.41) is 17.7. The third-order valence-electron chi connectivity index (χ3n) is 9.76. The first-order valence-electron chi connectivity index (χ1n) is 16.1. The molecule has 8 aromatic carbocycles. The fraction of sp³-hybridized carbons (Fsp3) is 0. The average Bonchev–Trinajstić information content (AvgIpc) is 3.73. The van der Waals surface area contributed by atoms with E-state index < -0.39 is 0 Å². The van der Waals surface area contributed by atoms with Crippen LogP contribution in [0.4, 0.5) is 0 Å². The second-order valence-corrected chi connectivity index (χ2v) is 14.9. The molecule has 0 fully saturated rings. The highest BCUT2D eigenvalue weighted by molar-refractivity contribution is 7.22. The number of fused-ring (bicyclic) bond motifs is 8. The van der Waals surface area contributed by atoms with E-state index in [0.29, 0.717) is 0 Å². The molecule has 0 aliphatic heterocycles. The van der Waals surface area contributed by atoms with Crippen molar-refractivity contribution in [1.82, 2.24) is 9.97 Å². The molecule has 0 saturated carbocycles. The predicted molar refractivity (Wildman–Crippen MR) is 209 cm³/mol. The van der Waals surface area contributed by atoms with Crippen molar-refractivity contribution in [2.75, 3.05) is 0 Å². The van der Waals surface area contributed by atoms with Crippen LogP contribution in [-0.4, -0.2) is 9.97 Å². The number of thiophene rings is 2. The van der Waals surface area contributed by atoms with Crippen LogP contribution in [0.1, 0.15) is 0 Å². The van der Waals surface area contributed by atoms with E-state index in [1.807, 2.05) is 0 Å². The third kappa shape index (κ3) is 4.17. The molecular formula is C44H24N2S2. The van der Waals surface area contributed by atoms with Gasteiger partial charge in [0.15, 0.2) is 0 Å². The highest BCUT2D eigenvalue weighted by Crippen LogP contribution is 2.40. The van der Waals surface area contributed by atoms with Gasteiger partial charge in [0.25, 0.3) is 0 Å². The lowest BCUT2D eigenvalue weighted by molar-refractivity contribution is 1.19. The first-order valence-corrected chi connectivity index (χ1v) is 17.7. The number of rotatable bonds is 2. The van der Waals surface area contributed by atoms with E-state index in [1.54, 1.807) is 29.0 Å². The molecule has 11 rings (SSSR count). The van der Waals surface area contributed by atoms with Gasteiger partial charge in [-0.1, -0.05) is 48.5 Å². The van der Waals surface area contributed by atoms with Crippen LogP contribution in [0.2, 0.25) is 0 Å². The molecule has 0 amide bonds. The summed E-state index contributed by atoms with van der Waals surface area (Å²) in [6, 6.07) is 51.7. The molecule has 3 heterocycles. The maximum atomic E-state index is 4.73. The lowest BCUT2D eigenvalue weighted by atomic mass is 9.99. The van der Waals surface area contributed by atoms with Crippen LogP contribution in [-0.2, 0) is 0 Å². The zero-order valence-corrected chi connectivity index (χ0v) is 27.2. The predicted octanol–water partition coefficient (Wildman–Crippen LogP) is 13.2. The first kappa shape index (κ1) is 26.4. The van der Waals surface area contributed by atoms with Crippen molar-refractivity contribution < 1.29 is 0 Å². The molecular weight excluding hydrogens is 621 g/mol.